The molecule has 0 saturated heterocycles. The molecular formula is C13H18ClN3O4S. The number of sulfonamides is 1. The zero-order chi connectivity index (χ0) is 16.5. The molecule has 0 spiro atoms. The maximum Gasteiger partial charge on any atom is 0.289 e. The zero-order valence-corrected chi connectivity index (χ0v) is 13.7. The molecule has 0 bridgehead atoms. The normalized spacial score (nSPS) is 17.6. The fourth-order valence-corrected chi connectivity index (χ4v) is 4.92. The number of aryl methyl sites for hydroxylation is 1. The molecule has 9 heteroatoms. The van der Waals surface area contributed by atoms with Gasteiger partial charge >= 0.3 is 0 Å². The number of halogens is 1. The Morgan fingerprint density at radius 3 is 2.50 bits per heavy atom. The van der Waals surface area contributed by atoms with Crippen LogP contribution in [0.3, 0.4) is 0 Å². The van der Waals surface area contributed by atoms with E-state index in [2.05, 4.69) is 4.72 Å². The van der Waals surface area contributed by atoms with Crippen molar-refractivity contribution < 1.29 is 13.3 Å². The summed E-state index contributed by atoms with van der Waals surface area (Å²) < 4.78 is 27.9. The Balaban J connectivity index is 2.48. The number of nitrogens with zero attached hydrogens (tertiary/aromatic N) is 1. The van der Waals surface area contributed by atoms with Crippen molar-refractivity contribution >= 4 is 27.3 Å². The topological polar surface area (TPSA) is 115 Å². The highest BCUT2D eigenvalue weighted by atomic mass is 35.5. The van der Waals surface area contributed by atoms with Crippen LogP contribution in [0.2, 0.25) is 5.02 Å². The van der Waals surface area contributed by atoms with E-state index in [1.165, 1.54) is 12.1 Å². The van der Waals surface area contributed by atoms with Crippen molar-refractivity contribution in [3.63, 3.8) is 0 Å². The molecule has 122 valence electrons. The molecule has 0 radical (unpaired) electrons. The van der Waals surface area contributed by atoms with Gasteiger partial charge < -0.3 is 5.73 Å². The molecule has 1 aromatic rings. The van der Waals surface area contributed by atoms with E-state index in [4.69, 9.17) is 17.3 Å². The van der Waals surface area contributed by atoms with Gasteiger partial charge in [-0.3, -0.25) is 10.1 Å². The summed E-state index contributed by atoms with van der Waals surface area (Å²) in [6.07, 6.45) is 3.07. The predicted molar refractivity (Wildman–Crippen MR) is 83.4 cm³/mol. The van der Waals surface area contributed by atoms with Crippen molar-refractivity contribution in [2.24, 2.45) is 5.73 Å². The molecule has 0 heterocycles. The lowest BCUT2D eigenvalue weighted by molar-refractivity contribution is -0.385. The Kier molecular flexibility index (Phi) is 4.76. The summed E-state index contributed by atoms with van der Waals surface area (Å²) >= 11 is 5.94. The molecule has 0 amide bonds. The molecule has 22 heavy (non-hydrogen) atoms. The van der Waals surface area contributed by atoms with Gasteiger partial charge in [0.25, 0.3) is 5.69 Å². The second-order valence-corrected chi connectivity index (χ2v) is 7.68. The van der Waals surface area contributed by atoms with Crippen molar-refractivity contribution in [1.29, 1.82) is 0 Å². The van der Waals surface area contributed by atoms with Crippen LogP contribution in [0.5, 0.6) is 0 Å². The minimum absolute atomic E-state index is 0.178. The number of rotatable bonds is 5. The van der Waals surface area contributed by atoms with Crippen LogP contribution in [0.1, 0.15) is 31.2 Å². The molecule has 2 rings (SSSR count). The van der Waals surface area contributed by atoms with Crippen LogP contribution < -0.4 is 10.5 Å². The van der Waals surface area contributed by atoms with E-state index in [1.54, 1.807) is 6.92 Å². The highest BCUT2D eigenvalue weighted by Gasteiger charge is 2.38. The minimum Gasteiger partial charge on any atom is -0.329 e. The average Bonchev–Trinajstić information content (AvgIpc) is 2.89. The first kappa shape index (κ1) is 17.1. The van der Waals surface area contributed by atoms with Crippen molar-refractivity contribution in [2.75, 3.05) is 6.54 Å². The third kappa shape index (κ3) is 3.24. The van der Waals surface area contributed by atoms with Crippen LogP contribution in [-0.2, 0) is 10.0 Å². The van der Waals surface area contributed by atoms with E-state index >= 15 is 0 Å². The molecule has 1 aliphatic carbocycles. The van der Waals surface area contributed by atoms with Gasteiger partial charge in [0.15, 0.2) is 0 Å². The first-order valence-corrected chi connectivity index (χ1v) is 8.75. The van der Waals surface area contributed by atoms with E-state index < -0.39 is 26.2 Å². The van der Waals surface area contributed by atoms with Crippen LogP contribution in [-0.4, -0.2) is 25.4 Å². The summed E-state index contributed by atoms with van der Waals surface area (Å²) in [6.45, 7) is 1.76. The molecule has 0 atom stereocenters. The molecule has 0 unspecified atom stereocenters. The third-order valence-corrected chi connectivity index (χ3v) is 6.06. The smallest absolute Gasteiger partial charge is 0.289 e. The molecule has 0 aliphatic heterocycles. The Bertz CT molecular complexity index is 699. The first-order chi connectivity index (χ1) is 10.2. The Morgan fingerprint density at radius 1 is 1.41 bits per heavy atom. The average molecular weight is 348 g/mol. The largest absolute Gasteiger partial charge is 0.329 e. The van der Waals surface area contributed by atoms with Crippen LogP contribution in [0, 0.1) is 17.0 Å². The zero-order valence-electron chi connectivity index (χ0n) is 12.1. The lowest BCUT2D eigenvalue weighted by Gasteiger charge is -2.28. The quantitative estimate of drug-likeness (QED) is 0.625. The highest BCUT2D eigenvalue weighted by molar-refractivity contribution is 7.89. The summed E-state index contributed by atoms with van der Waals surface area (Å²) in [5.74, 6) is 0. The summed E-state index contributed by atoms with van der Waals surface area (Å²) in [6, 6.07) is 2.58. The number of nitrogens with two attached hydrogens (primary N) is 1. The summed E-state index contributed by atoms with van der Waals surface area (Å²) in [5.41, 5.74) is 5.07. The minimum atomic E-state index is -3.99. The number of nitro groups is 1. The molecule has 1 aromatic carbocycles. The number of nitrogens with one attached hydrogen (secondary N) is 1. The number of hydrogen-bond acceptors (Lipinski definition) is 5. The van der Waals surface area contributed by atoms with Crippen molar-refractivity contribution in [3.8, 4) is 0 Å². The van der Waals surface area contributed by atoms with Gasteiger partial charge in [0.1, 0.15) is 9.92 Å². The summed E-state index contributed by atoms with van der Waals surface area (Å²) in [5, 5.41) is 10.6. The van der Waals surface area contributed by atoms with Crippen LogP contribution in [0.15, 0.2) is 17.0 Å². The van der Waals surface area contributed by atoms with Gasteiger partial charge in [-0.05, 0) is 31.4 Å². The number of hydrogen-bond donors (Lipinski definition) is 2. The van der Waals surface area contributed by atoms with E-state index in [9.17, 15) is 18.5 Å². The van der Waals surface area contributed by atoms with Gasteiger partial charge in [-0.1, -0.05) is 24.4 Å². The maximum absolute atomic E-state index is 12.6. The van der Waals surface area contributed by atoms with Crippen LogP contribution in [0.4, 0.5) is 5.69 Å². The fourth-order valence-electron chi connectivity index (χ4n) is 2.79. The van der Waals surface area contributed by atoms with E-state index in [-0.39, 0.29) is 16.5 Å². The van der Waals surface area contributed by atoms with Gasteiger partial charge in [-0.15, -0.1) is 0 Å². The molecule has 1 fully saturated rings. The van der Waals surface area contributed by atoms with Gasteiger partial charge in [0.2, 0.25) is 10.0 Å². The van der Waals surface area contributed by atoms with Gasteiger partial charge in [-0.2, -0.15) is 0 Å². The standard InChI is InChI=1S/C13H18ClN3O4S/c1-9-6-10(17(18)19)12(14)11(7-9)22(20,21)16-13(8-15)4-2-3-5-13/h6-7,16H,2-5,8,15H2,1H3. The van der Waals surface area contributed by atoms with E-state index in [0.717, 1.165) is 12.8 Å². The lowest BCUT2D eigenvalue weighted by Crippen LogP contribution is -2.51. The van der Waals surface area contributed by atoms with Crippen molar-refractivity contribution in [1.82, 2.24) is 4.72 Å². The Morgan fingerprint density at radius 2 is 2.00 bits per heavy atom. The third-order valence-electron chi connectivity index (χ3n) is 3.95. The first-order valence-electron chi connectivity index (χ1n) is 6.89. The SMILES string of the molecule is Cc1cc([N+](=O)[O-])c(Cl)c(S(=O)(=O)NC2(CN)CCCC2)c1. The number of benzene rings is 1. The molecule has 1 aliphatic rings. The maximum atomic E-state index is 12.6. The molecular weight excluding hydrogens is 330 g/mol. The second-order valence-electron chi connectivity index (χ2n) is 5.65. The lowest BCUT2D eigenvalue weighted by atomic mass is 10.0. The second kappa shape index (κ2) is 6.11. The summed E-state index contributed by atoms with van der Waals surface area (Å²) in [4.78, 5) is 10.0. The molecule has 0 aromatic heterocycles. The van der Waals surface area contributed by atoms with E-state index in [0.29, 0.717) is 18.4 Å². The van der Waals surface area contributed by atoms with Crippen molar-refractivity contribution in [3.05, 3.63) is 32.8 Å². The Labute approximate surface area is 134 Å². The van der Waals surface area contributed by atoms with Gasteiger partial charge in [-0.25, -0.2) is 13.1 Å². The predicted octanol–water partition coefficient (Wildman–Crippen LogP) is 2.11. The highest BCUT2D eigenvalue weighted by Crippen LogP contribution is 2.35. The van der Waals surface area contributed by atoms with Gasteiger partial charge in [0, 0.05) is 18.2 Å². The van der Waals surface area contributed by atoms with Crippen LogP contribution >= 0.6 is 11.6 Å². The monoisotopic (exact) mass is 347 g/mol. The fraction of sp³-hybridized carbons (Fsp3) is 0.538. The molecule has 7 nitrogen and oxygen atoms in total. The summed E-state index contributed by atoms with van der Waals surface area (Å²) in [7, 11) is -3.99. The number of nitro benzene ring substituents is 1. The van der Waals surface area contributed by atoms with E-state index in [1.807, 2.05) is 0 Å². The molecule has 1 saturated carbocycles. The molecule has 3 N–H and O–H groups in total. The Hall–Kier alpha value is -1.22. The van der Waals surface area contributed by atoms with Crippen molar-refractivity contribution in [2.45, 2.75) is 43.0 Å². The van der Waals surface area contributed by atoms with Gasteiger partial charge in [0.05, 0.1) is 4.92 Å². The van der Waals surface area contributed by atoms with Crippen LogP contribution in [0.25, 0.3) is 0 Å².